The molecule has 2 rings (SSSR count). The summed E-state index contributed by atoms with van der Waals surface area (Å²) >= 11 is 1.68. The normalized spacial score (nSPS) is 10.7. The number of hydrogen-bond donors (Lipinski definition) is 1. The lowest BCUT2D eigenvalue weighted by atomic mass is 10.2. The molecule has 0 bridgehead atoms. The Morgan fingerprint density at radius 1 is 1.19 bits per heavy atom. The van der Waals surface area contributed by atoms with Crippen LogP contribution in [0.25, 0.3) is 0 Å². The van der Waals surface area contributed by atoms with Crippen molar-refractivity contribution in [1.82, 2.24) is 10.3 Å². The zero-order valence-corrected chi connectivity index (χ0v) is 13.5. The van der Waals surface area contributed by atoms with Crippen LogP contribution in [-0.2, 0) is 13.1 Å². The van der Waals surface area contributed by atoms with Crippen LogP contribution in [0.1, 0.15) is 17.2 Å². The Hall–Kier alpha value is -1.66. The number of ether oxygens (including phenoxy) is 2. The fourth-order valence-corrected chi connectivity index (χ4v) is 2.64. The van der Waals surface area contributed by atoms with Crippen LogP contribution in [0.4, 0.5) is 0 Å². The fraction of sp³-hybridized carbons (Fsp3) is 0.400. The molecular weight excluding hydrogens is 288 g/mol. The third-order valence-electron chi connectivity index (χ3n) is 3.05. The molecule has 21 heavy (non-hydrogen) atoms. The summed E-state index contributed by atoms with van der Waals surface area (Å²) in [7, 11) is 3.29. The van der Waals surface area contributed by atoms with Gasteiger partial charge in [-0.3, -0.25) is 0 Å². The smallest absolute Gasteiger partial charge is 0.208 e. The second kappa shape index (κ2) is 7.38. The largest absolute Gasteiger partial charge is 0.493 e. The molecule has 6 heteroatoms. The van der Waals surface area contributed by atoms with Gasteiger partial charge in [0, 0.05) is 11.4 Å². The lowest BCUT2D eigenvalue weighted by Crippen LogP contribution is -2.13. The highest BCUT2D eigenvalue weighted by molar-refractivity contribution is 7.98. The van der Waals surface area contributed by atoms with Crippen molar-refractivity contribution in [3.8, 4) is 11.5 Å². The zero-order valence-electron chi connectivity index (χ0n) is 12.7. The third kappa shape index (κ3) is 3.92. The molecule has 5 nitrogen and oxygen atoms in total. The van der Waals surface area contributed by atoms with Crippen LogP contribution in [-0.4, -0.2) is 25.5 Å². The van der Waals surface area contributed by atoms with Gasteiger partial charge in [0.2, 0.25) is 5.89 Å². The van der Waals surface area contributed by atoms with Gasteiger partial charge >= 0.3 is 0 Å². The van der Waals surface area contributed by atoms with Crippen molar-refractivity contribution < 1.29 is 13.9 Å². The number of nitrogens with zero attached hydrogens (tertiary/aromatic N) is 1. The predicted molar refractivity (Wildman–Crippen MR) is 83.1 cm³/mol. The molecule has 0 aliphatic rings. The van der Waals surface area contributed by atoms with Gasteiger partial charge in [0.05, 0.1) is 27.0 Å². The van der Waals surface area contributed by atoms with Crippen LogP contribution >= 0.6 is 11.8 Å². The number of aryl methyl sites for hydroxylation is 1. The number of aromatic nitrogens is 1. The van der Waals surface area contributed by atoms with E-state index in [1.165, 1.54) is 0 Å². The Kier molecular flexibility index (Phi) is 5.52. The molecule has 0 amide bonds. The molecule has 0 aliphatic heterocycles. The van der Waals surface area contributed by atoms with Crippen molar-refractivity contribution in [2.45, 2.75) is 24.9 Å². The van der Waals surface area contributed by atoms with E-state index < -0.39 is 0 Å². The first kappa shape index (κ1) is 15.7. The van der Waals surface area contributed by atoms with Gasteiger partial charge < -0.3 is 19.2 Å². The van der Waals surface area contributed by atoms with Gasteiger partial charge in [-0.2, -0.15) is 0 Å². The molecule has 0 radical (unpaired) electrons. The van der Waals surface area contributed by atoms with Gasteiger partial charge in [0.25, 0.3) is 0 Å². The Labute approximate surface area is 129 Å². The van der Waals surface area contributed by atoms with Crippen molar-refractivity contribution >= 4 is 11.8 Å². The molecule has 0 fully saturated rings. The molecule has 1 aromatic heterocycles. The second-order valence-electron chi connectivity index (χ2n) is 4.49. The highest BCUT2D eigenvalue weighted by atomic mass is 32.2. The number of rotatable bonds is 7. The monoisotopic (exact) mass is 308 g/mol. The maximum atomic E-state index is 5.44. The van der Waals surface area contributed by atoms with Crippen molar-refractivity contribution in [3.63, 3.8) is 0 Å². The van der Waals surface area contributed by atoms with E-state index in [0.717, 1.165) is 27.7 Å². The molecule has 2 aromatic rings. The summed E-state index contributed by atoms with van der Waals surface area (Å²) in [5.41, 5.74) is 1.16. The molecule has 1 N–H and O–H groups in total. The van der Waals surface area contributed by atoms with Gasteiger partial charge in [-0.05, 0) is 30.9 Å². The van der Waals surface area contributed by atoms with E-state index in [9.17, 15) is 0 Å². The van der Waals surface area contributed by atoms with Crippen LogP contribution < -0.4 is 14.8 Å². The lowest BCUT2D eigenvalue weighted by molar-refractivity contribution is 0.353. The van der Waals surface area contributed by atoms with Crippen LogP contribution in [0.15, 0.2) is 27.6 Å². The van der Waals surface area contributed by atoms with Crippen LogP contribution in [0.2, 0.25) is 0 Å². The van der Waals surface area contributed by atoms with Crippen LogP contribution in [0.3, 0.4) is 0 Å². The first-order chi connectivity index (χ1) is 10.2. The first-order valence-electron chi connectivity index (χ1n) is 6.58. The van der Waals surface area contributed by atoms with E-state index in [1.54, 1.807) is 32.2 Å². The van der Waals surface area contributed by atoms with E-state index in [-0.39, 0.29) is 0 Å². The average Bonchev–Trinajstić information content (AvgIpc) is 2.92. The highest BCUT2D eigenvalue weighted by Crippen LogP contribution is 2.34. The molecule has 0 aliphatic carbocycles. The molecule has 0 atom stereocenters. The van der Waals surface area contributed by atoms with Crippen LogP contribution in [0, 0.1) is 6.92 Å². The molecule has 0 spiro atoms. The van der Waals surface area contributed by atoms with Gasteiger partial charge in [-0.25, -0.2) is 4.98 Å². The lowest BCUT2D eigenvalue weighted by Gasteiger charge is -2.14. The van der Waals surface area contributed by atoms with Crippen LogP contribution in [0.5, 0.6) is 11.5 Å². The predicted octanol–water partition coefficient (Wildman–Crippen LogP) is 3.01. The number of hydrogen-bond acceptors (Lipinski definition) is 6. The minimum absolute atomic E-state index is 0.593. The summed E-state index contributed by atoms with van der Waals surface area (Å²) in [5.74, 6) is 2.99. The summed E-state index contributed by atoms with van der Waals surface area (Å²) in [6, 6.07) is 3.99. The minimum Gasteiger partial charge on any atom is -0.493 e. The van der Waals surface area contributed by atoms with Gasteiger partial charge in [0.1, 0.15) is 5.76 Å². The molecular formula is C15H20N2O3S. The zero-order chi connectivity index (χ0) is 15.2. The third-order valence-corrected chi connectivity index (χ3v) is 3.87. The minimum atomic E-state index is 0.593. The van der Waals surface area contributed by atoms with E-state index >= 15 is 0 Å². The summed E-state index contributed by atoms with van der Waals surface area (Å²) < 4.78 is 16.1. The average molecular weight is 308 g/mol. The molecule has 1 aromatic carbocycles. The molecule has 0 unspecified atom stereocenters. The summed E-state index contributed by atoms with van der Waals surface area (Å²) in [6.07, 6.45) is 3.77. The Morgan fingerprint density at radius 2 is 1.90 bits per heavy atom. The topological polar surface area (TPSA) is 56.5 Å². The van der Waals surface area contributed by atoms with Crippen molar-refractivity contribution in [2.24, 2.45) is 0 Å². The maximum Gasteiger partial charge on any atom is 0.208 e. The van der Waals surface area contributed by atoms with E-state index in [2.05, 4.69) is 10.3 Å². The summed E-state index contributed by atoms with van der Waals surface area (Å²) in [4.78, 5) is 5.33. The number of thioether (sulfide) groups is 1. The quantitative estimate of drug-likeness (QED) is 0.794. The molecule has 114 valence electrons. The van der Waals surface area contributed by atoms with E-state index in [1.807, 2.05) is 25.3 Å². The number of oxazole rings is 1. The Balaban J connectivity index is 2.07. The number of nitrogens with one attached hydrogen (secondary N) is 1. The van der Waals surface area contributed by atoms with Gasteiger partial charge in [0.15, 0.2) is 11.5 Å². The van der Waals surface area contributed by atoms with Gasteiger partial charge in [-0.15, -0.1) is 11.8 Å². The number of methoxy groups -OCH3 is 2. The summed E-state index contributed by atoms with van der Waals surface area (Å²) in [5, 5.41) is 3.33. The first-order valence-corrected chi connectivity index (χ1v) is 7.81. The SMILES string of the molecule is COc1cc(CNCc2ncc(C)o2)c(SC)cc1OC. The van der Waals surface area contributed by atoms with Crippen molar-refractivity contribution in [1.29, 1.82) is 0 Å². The van der Waals surface area contributed by atoms with E-state index in [0.29, 0.717) is 19.0 Å². The molecule has 1 heterocycles. The fourth-order valence-electron chi connectivity index (χ4n) is 2.02. The van der Waals surface area contributed by atoms with E-state index in [4.69, 9.17) is 13.9 Å². The summed E-state index contributed by atoms with van der Waals surface area (Å²) in [6.45, 7) is 3.19. The van der Waals surface area contributed by atoms with Crippen molar-refractivity contribution in [2.75, 3.05) is 20.5 Å². The second-order valence-corrected chi connectivity index (χ2v) is 5.34. The Bertz CT molecular complexity index is 599. The standard InChI is InChI=1S/C15H20N2O3S/c1-10-7-17-15(20-10)9-16-8-11-5-12(18-2)13(19-3)6-14(11)21-4/h5-7,16H,8-9H2,1-4H3. The molecule has 0 saturated heterocycles. The van der Waals surface area contributed by atoms with Crippen molar-refractivity contribution in [3.05, 3.63) is 35.5 Å². The molecule has 0 saturated carbocycles. The van der Waals surface area contributed by atoms with Gasteiger partial charge in [-0.1, -0.05) is 0 Å². The maximum absolute atomic E-state index is 5.44. The Morgan fingerprint density at radius 3 is 2.48 bits per heavy atom. The highest BCUT2D eigenvalue weighted by Gasteiger charge is 2.11. The number of benzene rings is 1.